The van der Waals surface area contributed by atoms with Gasteiger partial charge in [-0.3, -0.25) is 14.5 Å². The van der Waals surface area contributed by atoms with E-state index in [1.807, 2.05) is 35.9 Å². The Morgan fingerprint density at radius 2 is 1.82 bits per heavy atom. The van der Waals surface area contributed by atoms with E-state index in [0.29, 0.717) is 12.1 Å². The van der Waals surface area contributed by atoms with E-state index in [0.717, 1.165) is 48.4 Å². The lowest BCUT2D eigenvalue weighted by Crippen LogP contribution is -2.51. The van der Waals surface area contributed by atoms with Gasteiger partial charge in [0.1, 0.15) is 12.1 Å². The Hall–Kier alpha value is -2.71. The zero-order valence-electron chi connectivity index (χ0n) is 20.2. The molecule has 2 aromatic heterocycles. The second-order valence-electron chi connectivity index (χ2n) is 9.82. The van der Waals surface area contributed by atoms with Crippen LogP contribution in [0.1, 0.15) is 38.5 Å². The van der Waals surface area contributed by atoms with Gasteiger partial charge >= 0.3 is 0 Å². The SMILES string of the molecule is Cn1c2ccccc2c2cnn(CC(=O)NCCCN3CCN(C4CCCCC4)CC3)c(=O)c21. The number of nitrogens with one attached hydrogen (secondary N) is 1. The van der Waals surface area contributed by atoms with Crippen molar-refractivity contribution >= 4 is 27.7 Å². The van der Waals surface area contributed by atoms with Crippen molar-refractivity contribution in [1.29, 1.82) is 0 Å². The normalized spacial score (nSPS) is 18.6. The van der Waals surface area contributed by atoms with Gasteiger partial charge in [-0.05, 0) is 31.9 Å². The average Bonchev–Trinajstić information content (AvgIpc) is 3.17. The summed E-state index contributed by atoms with van der Waals surface area (Å²) in [6.07, 6.45) is 9.54. The van der Waals surface area contributed by atoms with Crippen molar-refractivity contribution in [2.24, 2.45) is 7.05 Å². The number of carbonyl (C=O) groups excluding carboxylic acids is 1. The van der Waals surface area contributed by atoms with Crippen molar-refractivity contribution in [3.8, 4) is 0 Å². The molecule has 34 heavy (non-hydrogen) atoms. The number of piperazine rings is 1. The lowest BCUT2D eigenvalue weighted by Gasteiger charge is -2.40. The Kier molecular flexibility index (Phi) is 6.97. The number of fused-ring (bicyclic) bond motifs is 3. The predicted octanol–water partition coefficient (Wildman–Crippen LogP) is 2.34. The first-order valence-corrected chi connectivity index (χ1v) is 12.8. The molecule has 0 radical (unpaired) electrons. The molecule has 1 aromatic carbocycles. The van der Waals surface area contributed by atoms with Crippen LogP contribution in [0.4, 0.5) is 0 Å². The molecule has 1 aliphatic heterocycles. The standard InChI is InChI=1S/C26H36N6O2/c1-29-23-11-6-5-10-21(23)22-18-28-32(26(34)25(22)29)19-24(33)27-12-7-13-30-14-16-31(17-15-30)20-8-3-2-4-9-20/h5-6,10-11,18,20H,2-4,7-9,12-17,19H2,1H3,(H,27,33). The summed E-state index contributed by atoms with van der Waals surface area (Å²) in [5.41, 5.74) is 1.33. The fraction of sp³-hybridized carbons (Fsp3) is 0.577. The maximum atomic E-state index is 13.0. The summed E-state index contributed by atoms with van der Waals surface area (Å²) in [6, 6.07) is 8.70. The van der Waals surface area contributed by atoms with Gasteiger partial charge < -0.3 is 14.8 Å². The number of hydrogen-bond acceptors (Lipinski definition) is 5. The highest BCUT2D eigenvalue weighted by Gasteiger charge is 2.24. The molecule has 2 aliphatic rings. The van der Waals surface area contributed by atoms with Crippen LogP contribution in [-0.2, 0) is 18.4 Å². The molecule has 5 rings (SSSR count). The predicted molar refractivity (Wildman–Crippen MR) is 135 cm³/mol. The molecule has 0 atom stereocenters. The summed E-state index contributed by atoms with van der Waals surface area (Å²) in [5.74, 6) is -0.171. The highest BCUT2D eigenvalue weighted by molar-refractivity contribution is 6.07. The van der Waals surface area contributed by atoms with Crippen LogP contribution in [0.5, 0.6) is 0 Å². The molecule has 1 N–H and O–H groups in total. The minimum Gasteiger partial charge on any atom is -0.354 e. The van der Waals surface area contributed by atoms with E-state index in [1.54, 1.807) is 6.20 Å². The summed E-state index contributed by atoms with van der Waals surface area (Å²) in [6.45, 7) is 6.13. The van der Waals surface area contributed by atoms with Crippen LogP contribution in [0.2, 0.25) is 0 Å². The number of aromatic nitrogens is 3. The smallest absolute Gasteiger partial charge is 0.291 e. The van der Waals surface area contributed by atoms with Crippen LogP contribution in [0.25, 0.3) is 21.8 Å². The van der Waals surface area contributed by atoms with Crippen molar-refractivity contribution in [3.05, 3.63) is 40.8 Å². The zero-order chi connectivity index (χ0) is 23.5. The van der Waals surface area contributed by atoms with Crippen LogP contribution in [-0.4, -0.2) is 75.4 Å². The monoisotopic (exact) mass is 464 g/mol. The van der Waals surface area contributed by atoms with Crippen molar-refractivity contribution in [2.75, 3.05) is 39.3 Å². The molecule has 1 saturated heterocycles. The molecule has 1 aliphatic carbocycles. The first-order valence-electron chi connectivity index (χ1n) is 12.8. The molecule has 0 unspecified atom stereocenters. The molecule has 2 fully saturated rings. The minimum atomic E-state index is -0.234. The average molecular weight is 465 g/mol. The van der Waals surface area contributed by atoms with Gasteiger partial charge in [-0.1, -0.05) is 37.5 Å². The highest BCUT2D eigenvalue weighted by Crippen LogP contribution is 2.25. The van der Waals surface area contributed by atoms with Crippen LogP contribution in [0.3, 0.4) is 0 Å². The van der Waals surface area contributed by atoms with Gasteiger partial charge in [0.15, 0.2) is 0 Å². The molecule has 182 valence electrons. The molecule has 1 amide bonds. The van der Waals surface area contributed by atoms with Gasteiger partial charge in [0.2, 0.25) is 5.91 Å². The van der Waals surface area contributed by atoms with Gasteiger partial charge in [0, 0.05) is 62.1 Å². The lowest BCUT2D eigenvalue weighted by atomic mass is 9.94. The number of amides is 1. The Morgan fingerprint density at radius 1 is 1.06 bits per heavy atom. The van der Waals surface area contributed by atoms with Gasteiger partial charge in [-0.15, -0.1) is 0 Å². The highest BCUT2D eigenvalue weighted by atomic mass is 16.2. The van der Waals surface area contributed by atoms with Crippen molar-refractivity contribution in [1.82, 2.24) is 29.5 Å². The van der Waals surface area contributed by atoms with E-state index in [9.17, 15) is 9.59 Å². The number of aryl methyl sites for hydroxylation is 1. The topological polar surface area (TPSA) is 75.4 Å². The van der Waals surface area contributed by atoms with Gasteiger partial charge in [0.05, 0.1) is 6.20 Å². The summed E-state index contributed by atoms with van der Waals surface area (Å²) in [7, 11) is 1.88. The quantitative estimate of drug-likeness (QED) is 0.544. The number of rotatable bonds is 7. The van der Waals surface area contributed by atoms with Gasteiger partial charge in [0.25, 0.3) is 5.56 Å². The van der Waals surface area contributed by atoms with E-state index < -0.39 is 0 Å². The number of carbonyl (C=O) groups is 1. The number of nitrogens with zero attached hydrogens (tertiary/aromatic N) is 5. The third-order valence-electron chi connectivity index (χ3n) is 7.67. The fourth-order valence-corrected chi connectivity index (χ4v) is 5.75. The second-order valence-corrected chi connectivity index (χ2v) is 9.82. The van der Waals surface area contributed by atoms with E-state index in [2.05, 4.69) is 20.2 Å². The van der Waals surface area contributed by atoms with Crippen molar-refractivity contribution in [2.45, 2.75) is 51.1 Å². The maximum Gasteiger partial charge on any atom is 0.291 e. The van der Waals surface area contributed by atoms with Crippen LogP contribution in [0.15, 0.2) is 35.3 Å². The molecule has 3 heterocycles. The third-order valence-corrected chi connectivity index (χ3v) is 7.67. The molecule has 0 bridgehead atoms. The number of para-hydroxylation sites is 1. The molecule has 0 spiro atoms. The summed E-state index contributed by atoms with van der Waals surface area (Å²) >= 11 is 0. The van der Waals surface area contributed by atoms with Gasteiger partial charge in [-0.25, -0.2) is 4.68 Å². The molecule has 3 aromatic rings. The maximum absolute atomic E-state index is 13.0. The molecule has 8 heteroatoms. The van der Waals surface area contributed by atoms with E-state index in [1.165, 1.54) is 49.9 Å². The van der Waals surface area contributed by atoms with Gasteiger partial charge in [-0.2, -0.15) is 5.10 Å². The van der Waals surface area contributed by atoms with E-state index >= 15 is 0 Å². The van der Waals surface area contributed by atoms with Crippen LogP contribution in [0, 0.1) is 0 Å². The molecular formula is C26H36N6O2. The first kappa shape index (κ1) is 23.1. The minimum absolute atomic E-state index is 0.0592. The molecular weight excluding hydrogens is 428 g/mol. The third kappa shape index (κ3) is 4.74. The first-order chi connectivity index (χ1) is 16.6. The molecule has 8 nitrogen and oxygen atoms in total. The molecule has 1 saturated carbocycles. The van der Waals surface area contributed by atoms with E-state index in [4.69, 9.17) is 0 Å². The summed E-state index contributed by atoms with van der Waals surface area (Å²) in [5, 5.41) is 9.06. The van der Waals surface area contributed by atoms with Crippen molar-refractivity contribution in [3.63, 3.8) is 0 Å². The van der Waals surface area contributed by atoms with Crippen LogP contribution < -0.4 is 10.9 Å². The number of hydrogen-bond donors (Lipinski definition) is 1. The lowest BCUT2D eigenvalue weighted by molar-refractivity contribution is -0.121. The summed E-state index contributed by atoms with van der Waals surface area (Å²) in [4.78, 5) is 30.7. The van der Waals surface area contributed by atoms with Crippen LogP contribution >= 0.6 is 0 Å². The Balaban J connectivity index is 1.09. The summed E-state index contributed by atoms with van der Waals surface area (Å²) < 4.78 is 3.15. The van der Waals surface area contributed by atoms with Crippen molar-refractivity contribution < 1.29 is 4.79 Å². The van der Waals surface area contributed by atoms with E-state index in [-0.39, 0.29) is 18.0 Å². The largest absolute Gasteiger partial charge is 0.354 e. The fourth-order valence-electron chi connectivity index (χ4n) is 5.75. The Labute approximate surface area is 200 Å². The Morgan fingerprint density at radius 3 is 2.62 bits per heavy atom. The second kappa shape index (κ2) is 10.3. The zero-order valence-corrected chi connectivity index (χ0v) is 20.2. The number of benzene rings is 1. The Bertz CT molecular complexity index is 1200.